The van der Waals surface area contributed by atoms with E-state index in [4.69, 9.17) is 0 Å². The van der Waals surface area contributed by atoms with Crippen LogP contribution in [0, 0.1) is 5.41 Å². The molecule has 0 unspecified atom stereocenters. The number of amides is 1. The molecule has 84 valence electrons. The molecule has 0 aromatic heterocycles. The maximum absolute atomic E-state index is 11.9. The van der Waals surface area contributed by atoms with Crippen LogP contribution in [0.2, 0.25) is 0 Å². The summed E-state index contributed by atoms with van der Waals surface area (Å²) in [6.45, 7) is 7.77. The van der Waals surface area contributed by atoms with Crippen LogP contribution in [0.5, 0.6) is 0 Å². The van der Waals surface area contributed by atoms with Crippen LogP contribution >= 0.6 is 0 Å². The molecule has 0 saturated heterocycles. The molecule has 0 rings (SSSR count). The Hall–Kier alpha value is -0.570. The van der Waals surface area contributed by atoms with E-state index < -0.39 is 0 Å². The lowest BCUT2D eigenvalue weighted by Crippen LogP contribution is -2.39. The summed E-state index contributed by atoms with van der Waals surface area (Å²) in [6, 6.07) is 0. The molecule has 3 nitrogen and oxygen atoms in total. The minimum atomic E-state index is -0.241. The highest BCUT2D eigenvalue weighted by molar-refractivity contribution is 5.81. The second-order valence-electron chi connectivity index (χ2n) is 4.76. The van der Waals surface area contributed by atoms with Gasteiger partial charge in [0, 0.05) is 19.0 Å². The number of hydrogen-bond donors (Lipinski definition) is 0. The second kappa shape index (κ2) is 5.35. The monoisotopic (exact) mass is 200 g/mol. The number of carbonyl (C=O) groups excluding carboxylic acids is 1. The van der Waals surface area contributed by atoms with E-state index in [1.54, 1.807) is 4.90 Å². The van der Waals surface area contributed by atoms with E-state index in [0.717, 1.165) is 19.5 Å². The lowest BCUT2D eigenvalue weighted by Gasteiger charge is -2.29. The topological polar surface area (TPSA) is 23.6 Å². The van der Waals surface area contributed by atoms with Crippen molar-refractivity contribution in [2.75, 3.05) is 34.2 Å². The van der Waals surface area contributed by atoms with E-state index in [9.17, 15) is 4.79 Å². The maximum atomic E-state index is 11.9. The Balaban J connectivity index is 4.23. The van der Waals surface area contributed by atoms with Gasteiger partial charge < -0.3 is 9.80 Å². The van der Waals surface area contributed by atoms with E-state index in [0.29, 0.717) is 0 Å². The second-order valence-corrected chi connectivity index (χ2v) is 4.76. The molecule has 0 aliphatic carbocycles. The van der Waals surface area contributed by atoms with Crippen molar-refractivity contribution in [2.24, 2.45) is 5.41 Å². The SMILES string of the molecule is CCN(C)C(=O)C(C)(C)CCN(C)C. The van der Waals surface area contributed by atoms with Gasteiger partial charge in [0.05, 0.1) is 0 Å². The fraction of sp³-hybridized carbons (Fsp3) is 0.909. The molecule has 0 aliphatic heterocycles. The molecule has 0 radical (unpaired) electrons. The summed E-state index contributed by atoms with van der Waals surface area (Å²) in [4.78, 5) is 15.8. The molecular formula is C11H24N2O. The normalized spacial score (nSPS) is 11.9. The van der Waals surface area contributed by atoms with Crippen LogP contribution in [0.25, 0.3) is 0 Å². The third kappa shape index (κ3) is 4.09. The van der Waals surface area contributed by atoms with Gasteiger partial charge in [-0.25, -0.2) is 0 Å². The van der Waals surface area contributed by atoms with E-state index >= 15 is 0 Å². The maximum Gasteiger partial charge on any atom is 0.228 e. The largest absolute Gasteiger partial charge is 0.346 e. The van der Waals surface area contributed by atoms with Crippen molar-refractivity contribution in [3.05, 3.63) is 0 Å². The number of rotatable bonds is 5. The summed E-state index contributed by atoms with van der Waals surface area (Å²) in [6.07, 6.45) is 0.906. The highest BCUT2D eigenvalue weighted by Crippen LogP contribution is 2.22. The summed E-state index contributed by atoms with van der Waals surface area (Å²) in [7, 11) is 5.92. The first-order valence-electron chi connectivity index (χ1n) is 5.21. The van der Waals surface area contributed by atoms with Crippen LogP contribution in [0.1, 0.15) is 27.2 Å². The Morgan fingerprint density at radius 2 is 1.71 bits per heavy atom. The molecule has 0 spiro atoms. The first kappa shape index (κ1) is 13.4. The van der Waals surface area contributed by atoms with Crippen LogP contribution in [0.15, 0.2) is 0 Å². The Labute approximate surface area is 88.1 Å². The first-order valence-corrected chi connectivity index (χ1v) is 5.21. The van der Waals surface area contributed by atoms with Crippen LogP contribution in [-0.2, 0) is 4.79 Å². The molecule has 0 saturated carbocycles. The zero-order valence-corrected chi connectivity index (χ0v) is 10.4. The van der Waals surface area contributed by atoms with E-state index in [1.807, 2.05) is 41.9 Å². The average Bonchev–Trinajstić information content (AvgIpc) is 2.12. The first-order chi connectivity index (χ1) is 6.31. The third-order valence-electron chi connectivity index (χ3n) is 2.58. The van der Waals surface area contributed by atoms with Gasteiger partial charge in [0.15, 0.2) is 0 Å². The molecule has 0 fully saturated rings. The zero-order valence-electron chi connectivity index (χ0n) is 10.4. The van der Waals surface area contributed by atoms with Gasteiger partial charge in [0.25, 0.3) is 0 Å². The summed E-state index contributed by atoms with van der Waals surface area (Å²) in [5, 5.41) is 0. The van der Waals surface area contributed by atoms with Crippen molar-refractivity contribution < 1.29 is 4.79 Å². The molecule has 0 aliphatic rings. The van der Waals surface area contributed by atoms with Crippen molar-refractivity contribution in [3.63, 3.8) is 0 Å². The zero-order chi connectivity index (χ0) is 11.4. The smallest absolute Gasteiger partial charge is 0.228 e. The Bertz CT molecular complexity index is 188. The molecule has 0 bridgehead atoms. The summed E-state index contributed by atoms with van der Waals surface area (Å²) < 4.78 is 0. The number of nitrogens with zero attached hydrogens (tertiary/aromatic N) is 2. The third-order valence-corrected chi connectivity index (χ3v) is 2.58. The van der Waals surface area contributed by atoms with Gasteiger partial charge in [-0.1, -0.05) is 13.8 Å². The number of carbonyl (C=O) groups is 1. The Kier molecular flexibility index (Phi) is 5.13. The molecule has 0 atom stereocenters. The van der Waals surface area contributed by atoms with Crippen molar-refractivity contribution in [1.82, 2.24) is 9.80 Å². The molecule has 1 amide bonds. The van der Waals surface area contributed by atoms with Crippen LogP contribution in [0.3, 0.4) is 0 Å². The molecule has 0 aromatic rings. The summed E-state index contributed by atoms with van der Waals surface area (Å²) >= 11 is 0. The van der Waals surface area contributed by atoms with Gasteiger partial charge in [-0.2, -0.15) is 0 Å². The molecule has 14 heavy (non-hydrogen) atoms. The molecule has 0 aromatic carbocycles. The predicted molar refractivity (Wildman–Crippen MR) is 60.3 cm³/mol. The van der Waals surface area contributed by atoms with Crippen LogP contribution in [0.4, 0.5) is 0 Å². The minimum Gasteiger partial charge on any atom is -0.346 e. The van der Waals surface area contributed by atoms with Crippen molar-refractivity contribution >= 4 is 5.91 Å². The Morgan fingerprint density at radius 1 is 1.21 bits per heavy atom. The van der Waals surface area contributed by atoms with Crippen molar-refractivity contribution in [1.29, 1.82) is 0 Å². The summed E-state index contributed by atoms with van der Waals surface area (Å²) in [5.41, 5.74) is -0.241. The van der Waals surface area contributed by atoms with Gasteiger partial charge >= 0.3 is 0 Å². The minimum absolute atomic E-state index is 0.238. The van der Waals surface area contributed by atoms with Crippen LogP contribution < -0.4 is 0 Å². The highest BCUT2D eigenvalue weighted by Gasteiger charge is 2.29. The van der Waals surface area contributed by atoms with E-state index in [1.165, 1.54) is 0 Å². The van der Waals surface area contributed by atoms with Crippen molar-refractivity contribution in [3.8, 4) is 0 Å². The van der Waals surface area contributed by atoms with Gasteiger partial charge in [0.1, 0.15) is 0 Å². The Morgan fingerprint density at radius 3 is 2.07 bits per heavy atom. The number of hydrogen-bond acceptors (Lipinski definition) is 2. The van der Waals surface area contributed by atoms with Gasteiger partial charge in [-0.15, -0.1) is 0 Å². The van der Waals surface area contributed by atoms with Gasteiger partial charge in [0.2, 0.25) is 5.91 Å². The fourth-order valence-corrected chi connectivity index (χ4v) is 1.27. The fourth-order valence-electron chi connectivity index (χ4n) is 1.27. The quantitative estimate of drug-likeness (QED) is 0.670. The van der Waals surface area contributed by atoms with E-state index in [2.05, 4.69) is 4.90 Å². The van der Waals surface area contributed by atoms with Gasteiger partial charge in [-0.05, 0) is 34.0 Å². The van der Waals surface area contributed by atoms with E-state index in [-0.39, 0.29) is 11.3 Å². The average molecular weight is 200 g/mol. The lowest BCUT2D eigenvalue weighted by atomic mass is 9.87. The molecule has 3 heteroatoms. The molecule has 0 N–H and O–H groups in total. The van der Waals surface area contributed by atoms with Gasteiger partial charge in [-0.3, -0.25) is 4.79 Å². The predicted octanol–water partition coefficient (Wildman–Crippen LogP) is 1.44. The highest BCUT2D eigenvalue weighted by atomic mass is 16.2. The van der Waals surface area contributed by atoms with Crippen LogP contribution in [-0.4, -0.2) is 49.9 Å². The van der Waals surface area contributed by atoms with Crippen molar-refractivity contribution in [2.45, 2.75) is 27.2 Å². The molecule has 0 heterocycles. The standard InChI is InChI=1S/C11H24N2O/c1-7-13(6)10(14)11(2,3)8-9-12(4)5/h7-9H2,1-6H3. The lowest BCUT2D eigenvalue weighted by molar-refractivity contribution is -0.139. The summed E-state index contributed by atoms with van der Waals surface area (Å²) in [5.74, 6) is 0.238. The molecular weight excluding hydrogens is 176 g/mol.